The summed E-state index contributed by atoms with van der Waals surface area (Å²) >= 11 is 1.57. The van der Waals surface area contributed by atoms with Crippen molar-refractivity contribution in [3.8, 4) is 0 Å². The Labute approximate surface area is 186 Å². The van der Waals surface area contributed by atoms with Crippen LogP contribution in [0.4, 0.5) is 10.5 Å². The standard InChI is InChI=1S/C23H28N4O3S/c1-3-17(2)30-21(28)16-27-20-13-8-7-12-19(20)26-23(27)31-15-9-14-24-22(29)25-18-10-5-4-6-11-18/h4-8,10-13,17H,3,9,14-16H2,1-2H3,(H2,24,25,29). The van der Waals surface area contributed by atoms with Crippen molar-refractivity contribution in [2.24, 2.45) is 0 Å². The molecular formula is C23H28N4O3S. The Morgan fingerprint density at radius 2 is 1.87 bits per heavy atom. The maximum Gasteiger partial charge on any atom is 0.326 e. The Morgan fingerprint density at radius 1 is 1.13 bits per heavy atom. The van der Waals surface area contributed by atoms with Crippen molar-refractivity contribution >= 4 is 40.5 Å². The van der Waals surface area contributed by atoms with E-state index in [9.17, 15) is 9.59 Å². The highest BCUT2D eigenvalue weighted by molar-refractivity contribution is 7.99. The molecule has 3 rings (SSSR count). The van der Waals surface area contributed by atoms with Crippen molar-refractivity contribution in [2.75, 3.05) is 17.6 Å². The van der Waals surface area contributed by atoms with Crippen molar-refractivity contribution in [1.29, 1.82) is 0 Å². The van der Waals surface area contributed by atoms with E-state index in [0.717, 1.165) is 40.5 Å². The van der Waals surface area contributed by atoms with Crippen molar-refractivity contribution < 1.29 is 14.3 Å². The second-order valence-corrected chi connectivity index (χ2v) is 8.19. The third-order valence-corrected chi connectivity index (χ3v) is 5.75. The lowest BCUT2D eigenvalue weighted by Gasteiger charge is -2.13. The topological polar surface area (TPSA) is 85.2 Å². The van der Waals surface area contributed by atoms with Crippen LogP contribution in [0.5, 0.6) is 0 Å². The lowest BCUT2D eigenvalue weighted by atomic mass is 10.3. The van der Waals surface area contributed by atoms with Gasteiger partial charge < -0.3 is 19.9 Å². The minimum atomic E-state index is -0.265. The molecule has 0 radical (unpaired) electrons. The molecule has 0 bridgehead atoms. The van der Waals surface area contributed by atoms with Crippen LogP contribution in [0.3, 0.4) is 0 Å². The molecule has 8 heteroatoms. The van der Waals surface area contributed by atoms with Crippen molar-refractivity contribution in [1.82, 2.24) is 14.9 Å². The summed E-state index contributed by atoms with van der Waals surface area (Å²) in [4.78, 5) is 29.0. The van der Waals surface area contributed by atoms with Gasteiger partial charge in [-0.05, 0) is 44.0 Å². The Bertz CT molecular complexity index is 1010. The first-order valence-electron chi connectivity index (χ1n) is 10.4. The number of rotatable bonds is 10. The molecule has 164 valence electrons. The van der Waals surface area contributed by atoms with Crippen molar-refractivity contribution in [3.63, 3.8) is 0 Å². The second kappa shape index (κ2) is 11.4. The van der Waals surface area contributed by atoms with Crippen LogP contribution in [0.2, 0.25) is 0 Å². The number of ether oxygens (including phenoxy) is 1. The van der Waals surface area contributed by atoms with E-state index in [4.69, 9.17) is 4.74 Å². The van der Waals surface area contributed by atoms with Crippen LogP contribution in [0.25, 0.3) is 11.0 Å². The predicted molar refractivity (Wildman–Crippen MR) is 124 cm³/mol. The highest BCUT2D eigenvalue weighted by Crippen LogP contribution is 2.24. The van der Waals surface area contributed by atoms with Crippen LogP contribution >= 0.6 is 11.8 Å². The quantitative estimate of drug-likeness (QED) is 0.272. The summed E-state index contributed by atoms with van der Waals surface area (Å²) in [6.45, 7) is 4.55. The first-order valence-corrected chi connectivity index (χ1v) is 11.4. The lowest BCUT2D eigenvalue weighted by molar-refractivity contribution is -0.149. The maximum absolute atomic E-state index is 12.3. The smallest absolute Gasteiger partial charge is 0.326 e. The van der Waals surface area contributed by atoms with E-state index < -0.39 is 0 Å². The van der Waals surface area contributed by atoms with Crippen LogP contribution in [-0.2, 0) is 16.1 Å². The third kappa shape index (κ3) is 6.75. The molecule has 0 aliphatic rings. The van der Waals surface area contributed by atoms with Gasteiger partial charge in [-0.2, -0.15) is 0 Å². The minimum Gasteiger partial charge on any atom is -0.461 e. The average molecular weight is 441 g/mol. The number of carbonyl (C=O) groups is 2. The van der Waals surface area contributed by atoms with E-state index >= 15 is 0 Å². The summed E-state index contributed by atoms with van der Waals surface area (Å²) in [5.41, 5.74) is 2.51. The number of aromatic nitrogens is 2. The number of fused-ring (bicyclic) bond motifs is 1. The minimum absolute atomic E-state index is 0.105. The number of hydrogen-bond acceptors (Lipinski definition) is 5. The molecule has 0 saturated carbocycles. The molecule has 2 N–H and O–H groups in total. The number of nitrogens with zero attached hydrogens (tertiary/aromatic N) is 2. The number of thioether (sulfide) groups is 1. The lowest BCUT2D eigenvalue weighted by Crippen LogP contribution is -2.29. The molecule has 1 heterocycles. The number of hydrogen-bond donors (Lipinski definition) is 2. The number of esters is 1. The number of carbonyl (C=O) groups excluding carboxylic acids is 2. The molecule has 0 spiro atoms. The van der Waals surface area contributed by atoms with Crippen LogP contribution in [0, 0.1) is 0 Å². The summed E-state index contributed by atoms with van der Waals surface area (Å²) in [7, 11) is 0. The molecular weight excluding hydrogens is 412 g/mol. The Hall–Kier alpha value is -3.00. The second-order valence-electron chi connectivity index (χ2n) is 7.13. The van der Waals surface area contributed by atoms with Gasteiger partial charge in [-0.25, -0.2) is 9.78 Å². The first-order chi connectivity index (χ1) is 15.1. The normalized spacial score (nSPS) is 11.8. The molecule has 1 atom stereocenters. The average Bonchev–Trinajstić information content (AvgIpc) is 3.11. The summed E-state index contributed by atoms with van der Waals surface area (Å²) in [6.07, 6.45) is 1.45. The third-order valence-electron chi connectivity index (χ3n) is 4.68. The highest BCUT2D eigenvalue weighted by Gasteiger charge is 2.16. The largest absolute Gasteiger partial charge is 0.461 e. The van der Waals surface area contributed by atoms with Crippen LogP contribution in [0.15, 0.2) is 59.8 Å². The van der Waals surface area contributed by atoms with Gasteiger partial charge in [0.25, 0.3) is 0 Å². The maximum atomic E-state index is 12.3. The van der Waals surface area contributed by atoms with Crippen molar-refractivity contribution in [2.45, 2.75) is 44.5 Å². The van der Waals surface area contributed by atoms with Gasteiger partial charge in [0.15, 0.2) is 5.16 Å². The predicted octanol–water partition coefficient (Wildman–Crippen LogP) is 4.68. The summed E-state index contributed by atoms with van der Waals surface area (Å²) in [5.74, 6) is 0.494. The Kier molecular flexibility index (Phi) is 8.35. The molecule has 0 saturated heterocycles. The van der Waals surface area contributed by atoms with E-state index in [1.807, 2.05) is 73.0 Å². The van der Waals surface area contributed by atoms with Gasteiger partial charge in [-0.15, -0.1) is 0 Å². The molecule has 0 aliphatic heterocycles. The Morgan fingerprint density at radius 3 is 2.65 bits per heavy atom. The van der Waals surface area contributed by atoms with Gasteiger partial charge in [-0.1, -0.05) is 49.0 Å². The fraction of sp³-hybridized carbons (Fsp3) is 0.348. The van der Waals surface area contributed by atoms with E-state index in [0.29, 0.717) is 6.54 Å². The molecule has 2 aromatic carbocycles. The summed E-state index contributed by atoms with van der Waals surface area (Å²) < 4.78 is 7.35. The molecule has 0 fully saturated rings. The van der Waals surface area contributed by atoms with Gasteiger partial charge in [0.05, 0.1) is 17.1 Å². The number of amides is 2. The van der Waals surface area contributed by atoms with E-state index in [2.05, 4.69) is 15.6 Å². The molecule has 3 aromatic rings. The number of nitrogens with one attached hydrogen (secondary N) is 2. The van der Waals surface area contributed by atoms with Crippen molar-refractivity contribution in [3.05, 3.63) is 54.6 Å². The molecule has 1 aromatic heterocycles. The molecule has 1 unspecified atom stereocenters. The molecule has 31 heavy (non-hydrogen) atoms. The monoisotopic (exact) mass is 440 g/mol. The number of urea groups is 1. The fourth-order valence-electron chi connectivity index (χ4n) is 2.92. The SMILES string of the molecule is CCC(C)OC(=O)Cn1c(SCCCNC(=O)Nc2ccccc2)nc2ccccc21. The summed E-state index contributed by atoms with van der Waals surface area (Å²) in [6, 6.07) is 16.9. The number of imidazole rings is 1. The summed E-state index contributed by atoms with van der Waals surface area (Å²) in [5, 5.41) is 6.42. The zero-order valence-corrected chi connectivity index (χ0v) is 18.7. The molecule has 0 aliphatic carbocycles. The fourth-order valence-corrected chi connectivity index (χ4v) is 3.88. The van der Waals surface area contributed by atoms with Gasteiger partial charge in [-0.3, -0.25) is 4.79 Å². The van der Waals surface area contributed by atoms with E-state index in [-0.39, 0.29) is 24.6 Å². The highest BCUT2D eigenvalue weighted by atomic mass is 32.2. The van der Waals surface area contributed by atoms with Gasteiger partial charge >= 0.3 is 12.0 Å². The van der Waals surface area contributed by atoms with Gasteiger partial charge in [0.2, 0.25) is 0 Å². The number of para-hydroxylation sites is 3. The zero-order chi connectivity index (χ0) is 22.1. The van der Waals surface area contributed by atoms with Crippen LogP contribution < -0.4 is 10.6 Å². The first kappa shape index (κ1) is 22.7. The molecule has 2 amide bonds. The number of benzene rings is 2. The van der Waals surface area contributed by atoms with E-state index in [1.165, 1.54) is 0 Å². The van der Waals surface area contributed by atoms with Gasteiger partial charge in [0.1, 0.15) is 6.54 Å². The van der Waals surface area contributed by atoms with Crippen LogP contribution in [0.1, 0.15) is 26.7 Å². The zero-order valence-electron chi connectivity index (χ0n) is 17.8. The molecule has 7 nitrogen and oxygen atoms in total. The Balaban J connectivity index is 1.52. The van der Waals surface area contributed by atoms with E-state index in [1.54, 1.807) is 11.8 Å². The number of anilines is 1. The van der Waals surface area contributed by atoms with Gasteiger partial charge in [0, 0.05) is 18.0 Å². The van der Waals surface area contributed by atoms with Crippen LogP contribution in [-0.4, -0.2) is 40.0 Å².